The Morgan fingerprint density at radius 2 is 1.46 bits per heavy atom. The zero-order valence-electron chi connectivity index (χ0n) is 23.8. The van der Waals surface area contributed by atoms with Crippen LogP contribution in [0.15, 0.2) is 77.7 Å². The van der Waals surface area contributed by atoms with E-state index in [9.17, 15) is 18.0 Å². The molecule has 3 rings (SSSR count). The van der Waals surface area contributed by atoms with Gasteiger partial charge in [-0.05, 0) is 68.1 Å². The van der Waals surface area contributed by atoms with Crippen molar-refractivity contribution in [2.24, 2.45) is 0 Å². The normalized spacial score (nSPS) is 12.8. The van der Waals surface area contributed by atoms with Gasteiger partial charge in [-0.15, -0.1) is 0 Å². The maximum absolute atomic E-state index is 14.2. The number of aryl methyl sites for hydroxylation is 1. The first-order chi connectivity index (χ1) is 19.5. The van der Waals surface area contributed by atoms with Crippen molar-refractivity contribution in [3.8, 4) is 0 Å². The van der Waals surface area contributed by atoms with E-state index in [1.807, 2.05) is 32.9 Å². The summed E-state index contributed by atoms with van der Waals surface area (Å²) in [6.45, 7) is 7.04. The Kier molecular flexibility index (Phi) is 11.6. The molecule has 7 nitrogen and oxygen atoms in total. The molecule has 0 saturated carbocycles. The molecule has 0 aromatic heterocycles. The van der Waals surface area contributed by atoms with Gasteiger partial charge in [0.05, 0.1) is 10.6 Å². The predicted octanol–water partition coefficient (Wildman–Crippen LogP) is 6.47. The zero-order valence-corrected chi connectivity index (χ0v) is 26.1. The first kappa shape index (κ1) is 32.4. The molecule has 41 heavy (non-hydrogen) atoms. The molecule has 3 aromatic carbocycles. The SMILES string of the molecule is CCc1ccc(N(CC(=O)N(Cc2c(Cl)cccc2Cl)[C@@H](CC)C(=O)N[C@@H](C)CC)S(=O)(=O)c2ccccc2)cc1. The fourth-order valence-electron chi connectivity index (χ4n) is 4.36. The maximum atomic E-state index is 14.2. The molecule has 2 amide bonds. The minimum atomic E-state index is -4.13. The smallest absolute Gasteiger partial charge is 0.264 e. The highest BCUT2D eigenvalue weighted by Crippen LogP contribution is 2.29. The molecule has 2 atom stereocenters. The van der Waals surface area contributed by atoms with Crippen LogP contribution >= 0.6 is 23.2 Å². The van der Waals surface area contributed by atoms with Crippen LogP contribution in [-0.4, -0.2) is 43.8 Å². The predicted molar refractivity (Wildman–Crippen MR) is 166 cm³/mol. The van der Waals surface area contributed by atoms with E-state index in [0.29, 0.717) is 34.1 Å². The molecular weight excluding hydrogens is 581 g/mol. The molecule has 0 radical (unpaired) electrons. The monoisotopic (exact) mass is 617 g/mol. The summed E-state index contributed by atoms with van der Waals surface area (Å²) in [6, 6.07) is 19.0. The van der Waals surface area contributed by atoms with E-state index < -0.39 is 28.5 Å². The number of carbonyl (C=O) groups excluding carboxylic acids is 2. The maximum Gasteiger partial charge on any atom is 0.264 e. The van der Waals surface area contributed by atoms with Gasteiger partial charge in [-0.3, -0.25) is 13.9 Å². The summed E-state index contributed by atoms with van der Waals surface area (Å²) in [4.78, 5) is 29.0. The van der Waals surface area contributed by atoms with Crippen LogP contribution in [0, 0.1) is 0 Å². The second-order valence-corrected chi connectivity index (χ2v) is 12.5. The van der Waals surface area contributed by atoms with Crippen LogP contribution < -0.4 is 9.62 Å². The van der Waals surface area contributed by atoms with Gasteiger partial charge in [-0.25, -0.2) is 8.42 Å². The van der Waals surface area contributed by atoms with E-state index in [0.717, 1.165) is 16.3 Å². The Labute approximate surface area is 253 Å². The molecule has 0 bridgehead atoms. The Balaban J connectivity index is 2.09. The van der Waals surface area contributed by atoms with Crippen LogP contribution in [0.3, 0.4) is 0 Å². The fourth-order valence-corrected chi connectivity index (χ4v) is 6.31. The molecule has 0 fully saturated rings. The van der Waals surface area contributed by atoms with Crippen molar-refractivity contribution < 1.29 is 18.0 Å². The molecule has 10 heteroatoms. The summed E-state index contributed by atoms with van der Waals surface area (Å²) in [6.07, 6.45) is 1.79. The fraction of sp³-hybridized carbons (Fsp3) is 0.355. The van der Waals surface area contributed by atoms with Gasteiger partial charge in [-0.2, -0.15) is 0 Å². The number of rotatable bonds is 13. The summed E-state index contributed by atoms with van der Waals surface area (Å²) >= 11 is 12.9. The Morgan fingerprint density at radius 3 is 2.00 bits per heavy atom. The summed E-state index contributed by atoms with van der Waals surface area (Å²) in [5, 5.41) is 3.64. The standard InChI is InChI=1S/C31H37Cl2N3O4S/c1-5-22(4)34-31(38)29(7-3)35(20-26-27(32)14-11-15-28(26)33)30(37)21-36(24-18-16-23(6-2)17-19-24)41(39,40)25-12-9-8-10-13-25/h8-19,22,29H,5-7,20-21H2,1-4H3,(H,34,38)/t22-,29-/m0/s1. The van der Waals surface area contributed by atoms with Crippen molar-refractivity contribution in [1.29, 1.82) is 0 Å². The third-order valence-electron chi connectivity index (χ3n) is 7.02. The molecule has 0 aliphatic carbocycles. The molecule has 3 aromatic rings. The van der Waals surface area contributed by atoms with Crippen molar-refractivity contribution in [3.63, 3.8) is 0 Å². The van der Waals surface area contributed by atoms with Crippen LogP contribution in [0.2, 0.25) is 10.0 Å². The van der Waals surface area contributed by atoms with Crippen molar-refractivity contribution >= 4 is 50.7 Å². The number of halogens is 2. The number of hydrogen-bond donors (Lipinski definition) is 1. The topological polar surface area (TPSA) is 86.8 Å². The van der Waals surface area contributed by atoms with Gasteiger partial charge in [0, 0.05) is 28.2 Å². The number of anilines is 1. The van der Waals surface area contributed by atoms with Gasteiger partial charge >= 0.3 is 0 Å². The van der Waals surface area contributed by atoms with Crippen molar-refractivity contribution in [2.75, 3.05) is 10.8 Å². The number of amides is 2. The van der Waals surface area contributed by atoms with E-state index >= 15 is 0 Å². The first-order valence-electron chi connectivity index (χ1n) is 13.7. The second kappa shape index (κ2) is 14.7. The third-order valence-corrected chi connectivity index (χ3v) is 9.52. The number of sulfonamides is 1. The van der Waals surface area contributed by atoms with Gasteiger partial charge in [0.2, 0.25) is 11.8 Å². The Bertz CT molecular complexity index is 1410. The summed E-state index contributed by atoms with van der Waals surface area (Å²) in [5.74, 6) is -0.894. The average molecular weight is 619 g/mol. The lowest BCUT2D eigenvalue weighted by Gasteiger charge is -2.34. The molecule has 0 unspecified atom stereocenters. The molecule has 0 heterocycles. The minimum absolute atomic E-state index is 0.0506. The molecular formula is C31H37Cl2N3O4S. The third kappa shape index (κ3) is 8.03. The molecule has 0 saturated heterocycles. The minimum Gasteiger partial charge on any atom is -0.352 e. The first-order valence-corrected chi connectivity index (χ1v) is 15.9. The van der Waals surface area contributed by atoms with Crippen LogP contribution in [0.1, 0.15) is 51.7 Å². The van der Waals surface area contributed by atoms with Gasteiger partial charge in [0.25, 0.3) is 10.0 Å². The summed E-state index contributed by atoms with van der Waals surface area (Å²) < 4.78 is 28.9. The van der Waals surface area contributed by atoms with Crippen molar-refractivity contribution in [1.82, 2.24) is 10.2 Å². The van der Waals surface area contributed by atoms with E-state index in [-0.39, 0.29) is 23.4 Å². The second-order valence-electron chi connectivity index (χ2n) is 9.81. The molecule has 1 N–H and O–H groups in total. The Hall–Kier alpha value is -3.07. The highest BCUT2D eigenvalue weighted by Gasteiger charge is 2.34. The number of nitrogens with one attached hydrogen (secondary N) is 1. The van der Waals surface area contributed by atoms with Gasteiger partial charge in [0.1, 0.15) is 12.6 Å². The number of benzene rings is 3. The van der Waals surface area contributed by atoms with E-state index in [1.165, 1.54) is 17.0 Å². The number of carbonyl (C=O) groups is 2. The lowest BCUT2D eigenvalue weighted by Crippen LogP contribution is -2.53. The number of nitrogens with zero attached hydrogens (tertiary/aromatic N) is 2. The highest BCUT2D eigenvalue weighted by molar-refractivity contribution is 7.92. The van der Waals surface area contributed by atoms with Crippen LogP contribution in [0.5, 0.6) is 0 Å². The van der Waals surface area contributed by atoms with E-state index in [2.05, 4.69) is 5.32 Å². The largest absolute Gasteiger partial charge is 0.352 e. The van der Waals surface area contributed by atoms with Crippen LogP contribution in [-0.2, 0) is 32.6 Å². The Morgan fingerprint density at radius 1 is 0.854 bits per heavy atom. The van der Waals surface area contributed by atoms with Gasteiger partial charge in [0.15, 0.2) is 0 Å². The lowest BCUT2D eigenvalue weighted by molar-refractivity contribution is -0.140. The average Bonchev–Trinajstić information content (AvgIpc) is 2.97. The summed E-state index contributed by atoms with van der Waals surface area (Å²) in [5.41, 5.74) is 1.84. The van der Waals surface area contributed by atoms with Gasteiger partial charge in [-0.1, -0.05) is 80.4 Å². The van der Waals surface area contributed by atoms with Crippen molar-refractivity contribution in [3.05, 3.63) is 94.0 Å². The summed E-state index contributed by atoms with van der Waals surface area (Å²) in [7, 11) is -4.13. The van der Waals surface area contributed by atoms with Crippen molar-refractivity contribution in [2.45, 2.75) is 70.5 Å². The van der Waals surface area contributed by atoms with E-state index in [4.69, 9.17) is 23.2 Å². The quantitative estimate of drug-likeness (QED) is 0.238. The lowest BCUT2D eigenvalue weighted by atomic mass is 10.1. The molecule has 220 valence electrons. The van der Waals surface area contributed by atoms with Crippen LogP contribution in [0.4, 0.5) is 5.69 Å². The van der Waals surface area contributed by atoms with Crippen LogP contribution in [0.25, 0.3) is 0 Å². The molecule has 0 aliphatic heterocycles. The van der Waals surface area contributed by atoms with Gasteiger partial charge < -0.3 is 10.2 Å². The molecule has 0 spiro atoms. The number of hydrogen-bond acceptors (Lipinski definition) is 4. The van der Waals surface area contributed by atoms with E-state index in [1.54, 1.807) is 55.5 Å². The zero-order chi connectivity index (χ0) is 30.2. The highest BCUT2D eigenvalue weighted by atomic mass is 35.5. The molecule has 0 aliphatic rings.